The summed E-state index contributed by atoms with van der Waals surface area (Å²) < 4.78 is 5.31. The van der Waals surface area contributed by atoms with Gasteiger partial charge in [-0.2, -0.15) is 0 Å². The minimum absolute atomic E-state index is 0.385. The predicted molar refractivity (Wildman–Crippen MR) is 62.4 cm³/mol. The van der Waals surface area contributed by atoms with Crippen LogP contribution in [0.1, 0.15) is 23.2 Å². The number of alkyl halides is 1. The number of halogens is 2. The molecule has 76 valence electrons. The van der Waals surface area contributed by atoms with Crippen molar-refractivity contribution in [1.29, 1.82) is 0 Å². The quantitative estimate of drug-likeness (QED) is 0.752. The van der Waals surface area contributed by atoms with Gasteiger partial charge in [-0.3, -0.25) is 0 Å². The first-order chi connectivity index (χ1) is 6.72. The highest BCUT2D eigenvalue weighted by Crippen LogP contribution is 2.49. The maximum Gasteiger partial charge on any atom is 0.123 e. The standard InChI is InChI=1S/C11H12BrClO/c1-14-10-5-4-8(13)6-9(10)11(12)7-2-3-7/h4-7,11H,2-3H2,1H3. The second-order valence-corrected chi connectivity index (χ2v) is 5.05. The molecular weight excluding hydrogens is 263 g/mol. The molecule has 0 spiro atoms. The Morgan fingerprint density at radius 2 is 2.21 bits per heavy atom. The predicted octanol–water partition coefficient (Wildman–Crippen LogP) is 4.19. The van der Waals surface area contributed by atoms with Crippen molar-refractivity contribution < 1.29 is 4.74 Å². The molecule has 1 nitrogen and oxygen atoms in total. The molecule has 1 aliphatic carbocycles. The van der Waals surface area contributed by atoms with E-state index in [1.165, 1.54) is 18.4 Å². The van der Waals surface area contributed by atoms with E-state index >= 15 is 0 Å². The Bertz CT molecular complexity index is 336. The molecule has 0 heterocycles. The van der Waals surface area contributed by atoms with Crippen molar-refractivity contribution in [2.75, 3.05) is 7.11 Å². The van der Waals surface area contributed by atoms with Gasteiger partial charge in [0, 0.05) is 15.4 Å². The largest absolute Gasteiger partial charge is 0.496 e. The van der Waals surface area contributed by atoms with Gasteiger partial charge >= 0.3 is 0 Å². The number of ether oxygens (including phenoxy) is 1. The smallest absolute Gasteiger partial charge is 0.123 e. The number of methoxy groups -OCH3 is 1. The molecule has 1 saturated carbocycles. The van der Waals surface area contributed by atoms with E-state index in [0.29, 0.717) is 4.83 Å². The fraction of sp³-hybridized carbons (Fsp3) is 0.455. The van der Waals surface area contributed by atoms with Gasteiger partial charge < -0.3 is 4.74 Å². The zero-order valence-electron chi connectivity index (χ0n) is 7.97. The van der Waals surface area contributed by atoms with Gasteiger partial charge in [0.15, 0.2) is 0 Å². The normalized spacial score (nSPS) is 17.9. The average molecular weight is 276 g/mol. The minimum Gasteiger partial charge on any atom is -0.496 e. The topological polar surface area (TPSA) is 9.23 Å². The van der Waals surface area contributed by atoms with Crippen LogP contribution in [0.2, 0.25) is 5.02 Å². The van der Waals surface area contributed by atoms with Crippen molar-refractivity contribution in [3.05, 3.63) is 28.8 Å². The Balaban J connectivity index is 2.32. The van der Waals surface area contributed by atoms with Crippen LogP contribution in [0.25, 0.3) is 0 Å². The molecule has 1 fully saturated rings. The molecule has 1 atom stereocenters. The van der Waals surface area contributed by atoms with E-state index in [-0.39, 0.29) is 0 Å². The lowest BCUT2D eigenvalue weighted by Crippen LogP contribution is -1.96. The molecule has 0 radical (unpaired) electrons. The molecule has 1 aromatic rings. The van der Waals surface area contributed by atoms with Crippen molar-refractivity contribution >= 4 is 27.5 Å². The maximum atomic E-state index is 5.97. The number of benzene rings is 1. The molecule has 2 rings (SSSR count). The van der Waals surface area contributed by atoms with Crippen LogP contribution < -0.4 is 4.74 Å². The van der Waals surface area contributed by atoms with Crippen molar-refractivity contribution in [2.45, 2.75) is 17.7 Å². The summed E-state index contributed by atoms with van der Waals surface area (Å²) in [7, 11) is 1.69. The van der Waals surface area contributed by atoms with Gasteiger partial charge in [0.05, 0.1) is 7.11 Å². The van der Waals surface area contributed by atoms with E-state index < -0.39 is 0 Å². The van der Waals surface area contributed by atoms with E-state index in [2.05, 4.69) is 15.9 Å². The first-order valence-electron chi connectivity index (χ1n) is 4.70. The van der Waals surface area contributed by atoms with Crippen molar-refractivity contribution in [2.24, 2.45) is 5.92 Å². The minimum atomic E-state index is 0.385. The van der Waals surface area contributed by atoms with Gasteiger partial charge in [0.1, 0.15) is 5.75 Å². The van der Waals surface area contributed by atoms with E-state index in [1.54, 1.807) is 7.11 Å². The van der Waals surface area contributed by atoms with Crippen LogP contribution in [-0.4, -0.2) is 7.11 Å². The zero-order valence-corrected chi connectivity index (χ0v) is 10.3. The SMILES string of the molecule is COc1ccc(Cl)cc1C(Br)C1CC1. The third kappa shape index (κ3) is 2.06. The zero-order chi connectivity index (χ0) is 10.1. The van der Waals surface area contributed by atoms with Gasteiger partial charge in [0.2, 0.25) is 0 Å². The fourth-order valence-electron chi connectivity index (χ4n) is 1.56. The molecule has 0 amide bonds. The first-order valence-corrected chi connectivity index (χ1v) is 5.99. The Morgan fingerprint density at radius 3 is 2.79 bits per heavy atom. The fourth-order valence-corrected chi connectivity index (χ4v) is 2.63. The van der Waals surface area contributed by atoms with Gasteiger partial charge in [-0.25, -0.2) is 0 Å². The van der Waals surface area contributed by atoms with E-state index in [0.717, 1.165) is 16.7 Å². The molecule has 14 heavy (non-hydrogen) atoms. The van der Waals surface area contributed by atoms with Crippen molar-refractivity contribution in [1.82, 2.24) is 0 Å². The Kier molecular flexibility index (Phi) is 3.03. The molecule has 0 aromatic heterocycles. The van der Waals surface area contributed by atoms with Gasteiger partial charge in [-0.05, 0) is 37.0 Å². The van der Waals surface area contributed by atoms with Gasteiger partial charge in [0.25, 0.3) is 0 Å². The number of rotatable bonds is 3. The molecule has 0 N–H and O–H groups in total. The van der Waals surface area contributed by atoms with Crippen LogP contribution in [0, 0.1) is 5.92 Å². The maximum absolute atomic E-state index is 5.97. The summed E-state index contributed by atoms with van der Waals surface area (Å²) in [5.41, 5.74) is 1.17. The molecule has 1 aromatic carbocycles. The number of hydrogen-bond donors (Lipinski definition) is 0. The van der Waals surface area contributed by atoms with E-state index in [1.807, 2.05) is 18.2 Å². The second-order valence-electron chi connectivity index (χ2n) is 3.63. The lowest BCUT2D eigenvalue weighted by Gasteiger charge is -2.13. The second kappa shape index (κ2) is 4.11. The summed E-state index contributed by atoms with van der Waals surface area (Å²) in [4.78, 5) is 0.385. The summed E-state index contributed by atoms with van der Waals surface area (Å²) in [6.45, 7) is 0. The summed E-state index contributed by atoms with van der Waals surface area (Å²) in [6, 6.07) is 5.77. The van der Waals surface area contributed by atoms with Gasteiger partial charge in [-0.15, -0.1) is 0 Å². The molecular formula is C11H12BrClO. The van der Waals surface area contributed by atoms with Crippen molar-refractivity contribution in [3.8, 4) is 5.75 Å². The Hall–Kier alpha value is -0.210. The summed E-state index contributed by atoms with van der Waals surface area (Å²) in [6.07, 6.45) is 2.59. The molecule has 0 aliphatic heterocycles. The van der Waals surface area contributed by atoms with Crippen LogP contribution in [0.4, 0.5) is 0 Å². The molecule has 0 saturated heterocycles. The summed E-state index contributed by atoms with van der Waals surface area (Å²) >= 11 is 9.67. The highest BCUT2D eigenvalue weighted by molar-refractivity contribution is 9.09. The lowest BCUT2D eigenvalue weighted by atomic mass is 10.1. The van der Waals surface area contributed by atoms with Crippen LogP contribution in [0.3, 0.4) is 0 Å². The molecule has 0 bridgehead atoms. The van der Waals surface area contributed by atoms with E-state index in [9.17, 15) is 0 Å². The Labute approximate surface area is 97.5 Å². The third-order valence-corrected chi connectivity index (χ3v) is 4.00. The van der Waals surface area contributed by atoms with Crippen LogP contribution in [0.5, 0.6) is 5.75 Å². The van der Waals surface area contributed by atoms with Crippen LogP contribution >= 0.6 is 27.5 Å². The van der Waals surface area contributed by atoms with Crippen molar-refractivity contribution in [3.63, 3.8) is 0 Å². The van der Waals surface area contributed by atoms with E-state index in [4.69, 9.17) is 16.3 Å². The highest BCUT2D eigenvalue weighted by Gasteiger charge is 2.32. The summed E-state index contributed by atoms with van der Waals surface area (Å²) in [5, 5.41) is 0.769. The third-order valence-electron chi connectivity index (χ3n) is 2.52. The monoisotopic (exact) mass is 274 g/mol. The summed E-state index contributed by atoms with van der Waals surface area (Å²) in [5.74, 6) is 1.67. The molecule has 3 heteroatoms. The van der Waals surface area contributed by atoms with Crippen LogP contribution in [0.15, 0.2) is 18.2 Å². The average Bonchev–Trinajstić information content (AvgIpc) is 3.00. The highest BCUT2D eigenvalue weighted by atomic mass is 79.9. The van der Waals surface area contributed by atoms with Gasteiger partial charge in [-0.1, -0.05) is 27.5 Å². The Morgan fingerprint density at radius 1 is 1.50 bits per heavy atom. The number of hydrogen-bond acceptors (Lipinski definition) is 1. The lowest BCUT2D eigenvalue weighted by molar-refractivity contribution is 0.408. The molecule has 1 aliphatic rings. The van der Waals surface area contributed by atoms with Crippen LogP contribution in [-0.2, 0) is 0 Å². The first kappa shape index (κ1) is 10.3. The molecule has 1 unspecified atom stereocenters.